The van der Waals surface area contributed by atoms with Gasteiger partial charge in [0.15, 0.2) is 0 Å². The molecule has 0 aliphatic rings. The van der Waals surface area contributed by atoms with E-state index in [9.17, 15) is 0 Å². The van der Waals surface area contributed by atoms with Crippen molar-refractivity contribution in [2.24, 2.45) is 0 Å². The SMILES string of the molecule is CN(C)CCOc1cccc(Cc2ccccc2)c1. The molecule has 2 nitrogen and oxygen atoms in total. The van der Waals surface area contributed by atoms with E-state index in [1.54, 1.807) is 0 Å². The van der Waals surface area contributed by atoms with Gasteiger partial charge < -0.3 is 9.64 Å². The number of ether oxygens (including phenoxy) is 1. The van der Waals surface area contributed by atoms with Crippen molar-refractivity contribution < 1.29 is 4.74 Å². The monoisotopic (exact) mass is 255 g/mol. The lowest BCUT2D eigenvalue weighted by Crippen LogP contribution is -2.19. The molecule has 0 aliphatic heterocycles. The zero-order valence-corrected chi connectivity index (χ0v) is 11.7. The van der Waals surface area contributed by atoms with Crippen LogP contribution in [0.5, 0.6) is 5.75 Å². The Morgan fingerprint density at radius 1 is 0.895 bits per heavy atom. The number of likely N-dealkylation sites (N-methyl/N-ethyl adjacent to an activating group) is 1. The molecule has 0 spiro atoms. The fourth-order valence-corrected chi connectivity index (χ4v) is 1.92. The molecule has 0 fully saturated rings. The Morgan fingerprint density at radius 2 is 1.63 bits per heavy atom. The number of benzene rings is 2. The van der Waals surface area contributed by atoms with Gasteiger partial charge in [-0.25, -0.2) is 0 Å². The summed E-state index contributed by atoms with van der Waals surface area (Å²) in [6.45, 7) is 1.66. The van der Waals surface area contributed by atoms with Gasteiger partial charge in [0.2, 0.25) is 0 Å². The third kappa shape index (κ3) is 4.76. The van der Waals surface area contributed by atoms with E-state index in [-0.39, 0.29) is 0 Å². The van der Waals surface area contributed by atoms with E-state index in [1.165, 1.54) is 11.1 Å². The smallest absolute Gasteiger partial charge is 0.119 e. The third-order valence-corrected chi connectivity index (χ3v) is 2.96. The Balaban J connectivity index is 1.95. The van der Waals surface area contributed by atoms with Gasteiger partial charge in [0.05, 0.1) is 0 Å². The number of nitrogens with zero attached hydrogens (tertiary/aromatic N) is 1. The molecule has 2 aromatic rings. The maximum Gasteiger partial charge on any atom is 0.119 e. The molecule has 19 heavy (non-hydrogen) atoms. The second kappa shape index (κ2) is 6.95. The molecule has 0 amide bonds. The number of hydrogen-bond acceptors (Lipinski definition) is 2. The van der Waals surface area contributed by atoms with Gasteiger partial charge in [-0.15, -0.1) is 0 Å². The molecule has 2 rings (SSSR count). The van der Waals surface area contributed by atoms with Crippen LogP contribution in [-0.2, 0) is 6.42 Å². The van der Waals surface area contributed by atoms with Gasteiger partial charge in [0, 0.05) is 6.54 Å². The molecular weight excluding hydrogens is 234 g/mol. The first kappa shape index (κ1) is 13.6. The van der Waals surface area contributed by atoms with Crippen LogP contribution in [0.25, 0.3) is 0 Å². The summed E-state index contributed by atoms with van der Waals surface area (Å²) < 4.78 is 5.75. The third-order valence-electron chi connectivity index (χ3n) is 2.96. The molecule has 0 saturated heterocycles. The van der Waals surface area contributed by atoms with E-state index >= 15 is 0 Å². The molecule has 0 unspecified atom stereocenters. The summed E-state index contributed by atoms with van der Waals surface area (Å²) in [5, 5.41) is 0. The average Bonchev–Trinajstić information content (AvgIpc) is 2.40. The van der Waals surface area contributed by atoms with Crippen LogP contribution < -0.4 is 4.74 Å². The Hall–Kier alpha value is -1.80. The molecule has 0 radical (unpaired) electrons. The second-order valence-electron chi connectivity index (χ2n) is 4.96. The maximum atomic E-state index is 5.75. The normalized spacial score (nSPS) is 10.7. The summed E-state index contributed by atoms with van der Waals surface area (Å²) in [6.07, 6.45) is 0.950. The quantitative estimate of drug-likeness (QED) is 0.786. The van der Waals surface area contributed by atoms with Crippen molar-refractivity contribution in [3.63, 3.8) is 0 Å². The molecule has 2 heteroatoms. The molecule has 100 valence electrons. The van der Waals surface area contributed by atoms with E-state index in [2.05, 4.69) is 61.5 Å². The van der Waals surface area contributed by atoms with Crippen LogP contribution in [0, 0.1) is 0 Å². The minimum atomic E-state index is 0.724. The van der Waals surface area contributed by atoms with Crippen LogP contribution in [0.2, 0.25) is 0 Å². The first-order valence-corrected chi connectivity index (χ1v) is 6.64. The first-order chi connectivity index (χ1) is 9.24. The summed E-state index contributed by atoms with van der Waals surface area (Å²) >= 11 is 0. The Morgan fingerprint density at radius 3 is 2.37 bits per heavy atom. The Labute approximate surface area is 115 Å². The highest BCUT2D eigenvalue weighted by Gasteiger charge is 1.99. The maximum absolute atomic E-state index is 5.75. The molecule has 0 aromatic heterocycles. The number of rotatable bonds is 6. The summed E-state index contributed by atoms with van der Waals surface area (Å²) in [5.74, 6) is 0.954. The van der Waals surface area contributed by atoms with E-state index in [1.807, 2.05) is 12.1 Å². The van der Waals surface area contributed by atoms with Crippen LogP contribution in [-0.4, -0.2) is 32.1 Å². The molecular formula is C17H21NO. The largest absolute Gasteiger partial charge is 0.492 e. The minimum absolute atomic E-state index is 0.724. The van der Waals surface area contributed by atoms with Crippen molar-refractivity contribution >= 4 is 0 Å². The Kier molecular flexibility index (Phi) is 4.99. The fraction of sp³-hybridized carbons (Fsp3) is 0.294. The van der Waals surface area contributed by atoms with Crippen LogP contribution in [0.1, 0.15) is 11.1 Å². The van der Waals surface area contributed by atoms with Gasteiger partial charge in [0.1, 0.15) is 12.4 Å². The summed E-state index contributed by atoms with van der Waals surface area (Å²) in [4.78, 5) is 2.12. The zero-order chi connectivity index (χ0) is 13.5. The van der Waals surface area contributed by atoms with Crippen LogP contribution in [0.15, 0.2) is 54.6 Å². The standard InChI is InChI=1S/C17H21NO/c1-18(2)11-12-19-17-10-6-9-16(14-17)13-15-7-4-3-5-8-15/h3-10,14H,11-13H2,1-2H3. The highest BCUT2D eigenvalue weighted by molar-refractivity contribution is 5.32. The highest BCUT2D eigenvalue weighted by atomic mass is 16.5. The second-order valence-corrected chi connectivity index (χ2v) is 4.96. The van der Waals surface area contributed by atoms with Gasteiger partial charge in [-0.2, -0.15) is 0 Å². The number of hydrogen-bond donors (Lipinski definition) is 0. The molecule has 2 aromatic carbocycles. The summed E-state index contributed by atoms with van der Waals surface area (Å²) in [6, 6.07) is 18.9. The summed E-state index contributed by atoms with van der Waals surface area (Å²) in [7, 11) is 4.10. The summed E-state index contributed by atoms with van der Waals surface area (Å²) in [5.41, 5.74) is 2.61. The van der Waals surface area contributed by atoms with Crippen molar-refractivity contribution in [2.45, 2.75) is 6.42 Å². The molecule has 0 N–H and O–H groups in total. The molecule has 0 heterocycles. The van der Waals surface area contributed by atoms with E-state index < -0.39 is 0 Å². The molecule has 0 saturated carbocycles. The molecule has 0 aliphatic carbocycles. The van der Waals surface area contributed by atoms with Gasteiger partial charge in [-0.3, -0.25) is 0 Å². The van der Waals surface area contributed by atoms with Crippen LogP contribution in [0.3, 0.4) is 0 Å². The van der Waals surface area contributed by atoms with E-state index in [0.29, 0.717) is 0 Å². The predicted octanol–water partition coefficient (Wildman–Crippen LogP) is 3.22. The topological polar surface area (TPSA) is 12.5 Å². The van der Waals surface area contributed by atoms with Crippen LogP contribution in [0.4, 0.5) is 0 Å². The minimum Gasteiger partial charge on any atom is -0.492 e. The van der Waals surface area contributed by atoms with Crippen molar-refractivity contribution in [1.29, 1.82) is 0 Å². The molecule has 0 bridgehead atoms. The van der Waals surface area contributed by atoms with Gasteiger partial charge >= 0.3 is 0 Å². The van der Waals surface area contributed by atoms with Crippen molar-refractivity contribution in [1.82, 2.24) is 4.90 Å². The molecule has 0 atom stereocenters. The fourth-order valence-electron chi connectivity index (χ4n) is 1.92. The van der Waals surface area contributed by atoms with Crippen LogP contribution >= 0.6 is 0 Å². The van der Waals surface area contributed by atoms with Crippen molar-refractivity contribution in [3.05, 3.63) is 65.7 Å². The lowest BCUT2D eigenvalue weighted by atomic mass is 10.1. The Bertz CT molecular complexity index is 494. The average molecular weight is 255 g/mol. The van der Waals surface area contributed by atoms with E-state index in [0.717, 1.165) is 25.3 Å². The lowest BCUT2D eigenvalue weighted by Gasteiger charge is -2.11. The zero-order valence-electron chi connectivity index (χ0n) is 11.7. The van der Waals surface area contributed by atoms with Crippen molar-refractivity contribution in [3.8, 4) is 5.75 Å². The van der Waals surface area contributed by atoms with E-state index in [4.69, 9.17) is 4.74 Å². The van der Waals surface area contributed by atoms with Gasteiger partial charge in [0.25, 0.3) is 0 Å². The van der Waals surface area contributed by atoms with Gasteiger partial charge in [-0.05, 0) is 43.8 Å². The van der Waals surface area contributed by atoms with Gasteiger partial charge in [-0.1, -0.05) is 42.5 Å². The predicted molar refractivity (Wildman–Crippen MR) is 79.7 cm³/mol. The first-order valence-electron chi connectivity index (χ1n) is 6.64. The highest BCUT2D eigenvalue weighted by Crippen LogP contribution is 2.16. The van der Waals surface area contributed by atoms with Crippen molar-refractivity contribution in [2.75, 3.05) is 27.2 Å². The lowest BCUT2D eigenvalue weighted by molar-refractivity contribution is 0.261.